The molecular weight excluding hydrogens is 230 g/mol. The van der Waals surface area contributed by atoms with Crippen LogP contribution < -0.4 is 5.32 Å². The molecule has 0 bridgehead atoms. The van der Waals surface area contributed by atoms with E-state index < -0.39 is 0 Å². The van der Waals surface area contributed by atoms with Gasteiger partial charge in [0.15, 0.2) is 0 Å². The van der Waals surface area contributed by atoms with Gasteiger partial charge >= 0.3 is 0 Å². The molecule has 0 aliphatic heterocycles. The van der Waals surface area contributed by atoms with Gasteiger partial charge in [0.25, 0.3) is 0 Å². The highest BCUT2D eigenvalue weighted by Crippen LogP contribution is 2.30. The lowest BCUT2D eigenvalue weighted by atomic mass is 10.1. The van der Waals surface area contributed by atoms with Gasteiger partial charge in [-0.3, -0.25) is 0 Å². The average molecular weight is 247 g/mol. The number of aromatic nitrogens is 2. The lowest BCUT2D eigenvalue weighted by Crippen LogP contribution is -2.06. The molecule has 0 radical (unpaired) electrons. The minimum atomic E-state index is 0.812. The minimum Gasteiger partial charge on any atom is -0.370 e. The first kappa shape index (κ1) is 12.0. The van der Waals surface area contributed by atoms with Crippen molar-refractivity contribution in [2.75, 3.05) is 11.9 Å². The van der Waals surface area contributed by atoms with E-state index in [1.54, 1.807) is 11.3 Å². The van der Waals surface area contributed by atoms with Crippen molar-refractivity contribution in [3.63, 3.8) is 0 Å². The van der Waals surface area contributed by atoms with Crippen molar-refractivity contribution in [3.05, 3.63) is 27.7 Å². The minimum absolute atomic E-state index is 0.812. The summed E-state index contributed by atoms with van der Waals surface area (Å²) in [5, 5.41) is 5.40. The van der Waals surface area contributed by atoms with Crippen molar-refractivity contribution in [2.45, 2.75) is 27.7 Å². The first-order chi connectivity index (χ1) is 8.13. The first-order valence-corrected chi connectivity index (χ1v) is 6.65. The van der Waals surface area contributed by atoms with Crippen molar-refractivity contribution in [2.24, 2.45) is 0 Å². The van der Waals surface area contributed by atoms with E-state index in [1.165, 1.54) is 10.4 Å². The number of rotatable bonds is 3. The smallest absolute Gasteiger partial charge is 0.133 e. The maximum absolute atomic E-state index is 4.57. The Bertz CT molecular complexity index is 531. The molecule has 0 unspecified atom stereocenters. The van der Waals surface area contributed by atoms with E-state index in [9.17, 15) is 0 Å². The van der Waals surface area contributed by atoms with Gasteiger partial charge in [0, 0.05) is 22.5 Å². The summed E-state index contributed by atoms with van der Waals surface area (Å²) in [4.78, 5) is 10.3. The number of anilines is 1. The van der Waals surface area contributed by atoms with Crippen LogP contribution in [0, 0.1) is 20.8 Å². The molecule has 3 nitrogen and oxygen atoms in total. The summed E-state index contributed by atoms with van der Waals surface area (Å²) >= 11 is 1.75. The molecule has 2 aromatic heterocycles. The highest BCUT2D eigenvalue weighted by Gasteiger charge is 2.12. The molecule has 90 valence electrons. The highest BCUT2D eigenvalue weighted by atomic mass is 32.1. The Morgan fingerprint density at radius 3 is 2.59 bits per heavy atom. The van der Waals surface area contributed by atoms with Crippen LogP contribution in [0.4, 0.5) is 5.82 Å². The number of aryl methyl sites for hydroxylation is 2. The molecule has 0 saturated heterocycles. The molecule has 1 N–H and O–H groups in total. The average Bonchev–Trinajstić information content (AvgIpc) is 2.70. The Kier molecular flexibility index (Phi) is 3.43. The summed E-state index contributed by atoms with van der Waals surface area (Å²) in [7, 11) is 0. The predicted octanol–water partition coefficient (Wildman–Crippen LogP) is 3.56. The van der Waals surface area contributed by atoms with E-state index in [0.717, 1.165) is 29.4 Å². The zero-order valence-corrected chi connectivity index (χ0v) is 11.5. The standard InChI is InChI=1S/C13H17N3S/c1-5-14-13-8(2)12(15-10(4)16-13)11-6-7-17-9(11)3/h6-7H,5H2,1-4H3,(H,14,15,16). The third-order valence-corrected chi connectivity index (χ3v) is 3.56. The van der Waals surface area contributed by atoms with E-state index in [2.05, 4.69) is 47.5 Å². The third-order valence-electron chi connectivity index (χ3n) is 2.72. The summed E-state index contributed by atoms with van der Waals surface area (Å²) in [6, 6.07) is 2.13. The molecule has 0 saturated carbocycles. The molecule has 2 rings (SSSR count). The van der Waals surface area contributed by atoms with Crippen molar-refractivity contribution in [3.8, 4) is 11.3 Å². The van der Waals surface area contributed by atoms with Gasteiger partial charge in [0.2, 0.25) is 0 Å². The van der Waals surface area contributed by atoms with Crippen molar-refractivity contribution in [1.82, 2.24) is 9.97 Å². The second-order valence-electron chi connectivity index (χ2n) is 4.01. The normalized spacial score (nSPS) is 10.6. The Hall–Kier alpha value is -1.42. The van der Waals surface area contributed by atoms with Gasteiger partial charge < -0.3 is 5.32 Å². The molecule has 0 fully saturated rings. The van der Waals surface area contributed by atoms with Gasteiger partial charge in [-0.15, -0.1) is 11.3 Å². The van der Waals surface area contributed by atoms with Gasteiger partial charge in [-0.1, -0.05) is 0 Å². The fourth-order valence-electron chi connectivity index (χ4n) is 1.86. The molecule has 0 aliphatic carbocycles. The van der Waals surface area contributed by atoms with E-state index >= 15 is 0 Å². The zero-order chi connectivity index (χ0) is 12.4. The van der Waals surface area contributed by atoms with Crippen molar-refractivity contribution >= 4 is 17.2 Å². The molecule has 17 heavy (non-hydrogen) atoms. The van der Waals surface area contributed by atoms with Crippen LogP contribution in [0.2, 0.25) is 0 Å². The van der Waals surface area contributed by atoms with Crippen LogP contribution in [0.1, 0.15) is 23.2 Å². The van der Waals surface area contributed by atoms with E-state index in [0.29, 0.717) is 0 Å². The second-order valence-corrected chi connectivity index (χ2v) is 5.13. The molecule has 2 aromatic rings. The molecule has 0 aliphatic rings. The Morgan fingerprint density at radius 2 is 2.00 bits per heavy atom. The fourth-order valence-corrected chi connectivity index (χ4v) is 2.56. The van der Waals surface area contributed by atoms with Crippen LogP contribution in [0.25, 0.3) is 11.3 Å². The zero-order valence-electron chi connectivity index (χ0n) is 10.7. The molecule has 4 heteroatoms. The van der Waals surface area contributed by atoms with Crippen molar-refractivity contribution < 1.29 is 0 Å². The summed E-state index contributed by atoms with van der Waals surface area (Å²) in [5.74, 6) is 1.76. The van der Waals surface area contributed by atoms with Gasteiger partial charge in [0.1, 0.15) is 11.6 Å². The van der Waals surface area contributed by atoms with Crippen LogP contribution in [0.15, 0.2) is 11.4 Å². The van der Waals surface area contributed by atoms with Crippen LogP contribution in [0.3, 0.4) is 0 Å². The SMILES string of the molecule is CCNc1nc(C)nc(-c2ccsc2C)c1C. The monoisotopic (exact) mass is 247 g/mol. The summed E-state index contributed by atoms with van der Waals surface area (Å²) in [5.41, 5.74) is 3.39. The van der Waals surface area contributed by atoms with Crippen LogP contribution in [0.5, 0.6) is 0 Å². The van der Waals surface area contributed by atoms with Gasteiger partial charge in [-0.05, 0) is 39.1 Å². The quantitative estimate of drug-likeness (QED) is 0.901. The number of nitrogens with zero attached hydrogens (tertiary/aromatic N) is 2. The maximum atomic E-state index is 4.57. The molecular formula is C13H17N3S. The fraction of sp³-hybridized carbons (Fsp3) is 0.385. The van der Waals surface area contributed by atoms with Gasteiger partial charge in [-0.2, -0.15) is 0 Å². The van der Waals surface area contributed by atoms with Crippen LogP contribution in [-0.2, 0) is 0 Å². The molecule has 0 spiro atoms. The maximum Gasteiger partial charge on any atom is 0.133 e. The Labute approximate surface area is 106 Å². The number of nitrogens with one attached hydrogen (secondary N) is 1. The predicted molar refractivity (Wildman–Crippen MR) is 73.7 cm³/mol. The van der Waals surface area contributed by atoms with E-state index in [4.69, 9.17) is 0 Å². The number of hydrogen-bond donors (Lipinski definition) is 1. The van der Waals surface area contributed by atoms with Crippen molar-refractivity contribution in [1.29, 1.82) is 0 Å². The highest BCUT2D eigenvalue weighted by molar-refractivity contribution is 7.10. The number of hydrogen-bond acceptors (Lipinski definition) is 4. The molecule has 2 heterocycles. The first-order valence-electron chi connectivity index (χ1n) is 5.77. The Balaban J connectivity index is 2.58. The summed E-state index contributed by atoms with van der Waals surface area (Å²) in [6.45, 7) is 9.09. The molecule has 0 atom stereocenters. The third kappa shape index (κ3) is 2.31. The molecule has 0 amide bonds. The lowest BCUT2D eigenvalue weighted by molar-refractivity contribution is 1.02. The van der Waals surface area contributed by atoms with Gasteiger partial charge in [0.05, 0.1) is 5.69 Å². The van der Waals surface area contributed by atoms with Crippen LogP contribution >= 0.6 is 11.3 Å². The summed E-state index contributed by atoms with van der Waals surface area (Å²) in [6.07, 6.45) is 0. The lowest BCUT2D eigenvalue weighted by Gasteiger charge is -2.11. The molecule has 0 aromatic carbocycles. The van der Waals surface area contributed by atoms with E-state index in [1.807, 2.05) is 6.92 Å². The van der Waals surface area contributed by atoms with Gasteiger partial charge in [-0.25, -0.2) is 9.97 Å². The Morgan fingerprint density at radius 1 is 1.24 bits per heavy atom. The second kappa shape index (κ2) is 4.84. The van der Waals surface area contributed by atoms with Crippen LogP contribution in [-0.4, -0.2) is 16.5 Å². The summed E-state index contributed by atoms with van der Waals surface area (Å²) < 4.78 is 0. The topological polar surface area (TPSA) is 37.8 Å². The largest absolute Gasteiger partial charge is 0.370 e. The number of thiophene rings is 1. The van der Waals surface area contributed by atoms with E-state index in [-0.39, 0.29) is 0 Å².